The Labute approximate surface area is 187 Å². The number of nitriles is 1. The van der Waals surface area contributed by atoms with Gasteiger partial charge in [0.2, 0.25) is 0 Å². The zero-order chi connectivity index (χ0) is 22.7. The first-order chi connectivity index (χ1) is 15.4. The molecule has 0 amide bonds. The number of hydrogen-bond acceptors (Lipinski definition) is 6. The van der Waals surface area contributed by atoms with Gasteiger partial charge in [-0.25, -0.2) is 23.4 Å². The fraction of sp³-hybridized carbons (Fsp3) is 0.217. The van der Waals surface area contributed by atoms with Gasteiger partial charge in [0, 0.05) is 29.0 Å². The van der Waals surface area contributed by atoms with Gasteiger partial charge in [-0.3, -0.25) is 0 Å². The van der Waals surface area contributed by atoms with Gasteiger partial charge in [0.1, 0.15) is 29.9 Å². The average Bonchev–Trinajstić information content (AvgIpc) is 3.46. The molecule has 2 aromatic carbocycles. The van der Waals surface area contributed by atoms with Gasteiger partial charge in [0.15, 0.2) is 0 Å². The van der Waals surface area contributed by atoms with Crippen LogP contribution in [-0.2, 0) is 18.6 Å². The molecule has 162 valence electrons. The van der Waals surface area contributed by atoms with Crippen LogP contribution in [0.3, 0.4) is 0 Å². The third kappa shape index (κ3) is 4.42. The molecule has 0 aliphatic heterocycles. The van der Waals surface area contributed by atoms with Gasteiger partial charge in [-0.15, -0.1) is 11.3 Å². The van der Waals surface area contributed by atoms with E-state index in [1.165, 1.54) is 34.7 Å². The first-order valence-corrected chi connectivity index (χ1v) is 10.7. The predicted molar refractivity (Wildman–Crippen MR) is 115 cm³/mol. The van der Waals surface area contributed by atoms with Crippen molar-refractivity contribution >= 4 is 11.3 Å². The minimum atomic E-state index is -1.67. The number of benzene rings is 2. The van der Waals surface area contributed by atoms with Gasteiger partial charge in [-0.1, -0.05) is 25.1 Å². The van der Waals surface area contributed by atoms with E-state index in [0.29, 0.717) is 12.0 Å². The van der Waals surface area contributed by atoms with Gasteiger partial charge >= 0.3 is 0 Å². The zero-order valence-corrected chi connectivity index (χ0v) is 17.9. The molecule has 0 aliphatic rings. The van der Waals surface area contributed by atoms with E-state index in [-0.39, 0.29) is 12.1 Å². The molecule has 32 heavy (non-hydrogen) atoms. The fourth-order valence-electron chi connectivity index (χ4n) is 3.59. The van der Waals surface area contributed by atoms with Crippen LogP contribution in [0.4, 0.5) is 8.78 Å². The summed E-state index contributed by atoms with van der Waals surface area (Å²) in [6, 6.07) is 12.4. The Balaban J connectivity index is 1.62. The number of rotatable bonds is 7. The minimum absolute atomic E-state index is 0.00854. The lowest BCUT2D eigenvalue weighted by atomic mass is 9.80. The van der Waals surface area contributed by atoms with Crippen molar-refractivity contribution in [2.24, 2.45) is 5.92 Å². The molecule has 9 heteroatoms. The molecule has 0 spiro atoms. The van der Waals surface area contributed by atoms with Gasteiger partial charge in [0.25, 0.3) is 0 Å². The van der Waals surface area contributed by atoms with Gasteiger partial charge in [-0.2, -0.15) is 10.4 Å². The maximum absolute atomic E-state index is 14.7. The molecule has 0 bridgehead atoms. The standard InChI is InChI=1S/C23H19F2N5OS/c1-15(8-22-29-21(11-32-22)17-4-2-16(10-26)3-5-17)23(31,12-30-14-27-13-28-30)19-7-6-18(24)9-20(19)25/h2-7,9,11,13-15,31H,8,12H2,1H3. The second-order valence-corrected chi connectivity index (χ2v) is 8.50. The number of aromatic nitrogens is 4. The third-order valence-electron chi connectivity index (χ3n) is 5.42. The van der Waals surface area contributed by atoms with Crippen molar-refractivity contribution in [1.82, 2.24) is 19.7 Å². The summed E-state index contributed by atoms with van der Waals surface area (Å²) in [6.45, 7) is 1.74. The summed E-state index contributed by atoms with van der Waals surface area (Å²) >= 11 is 1.43. The van der Waals surface area contributed by atoms with E-state index in [1.807, 2.05) is 17.5 Å². The summed E-state index contributed by atoms with van der Waals surface area (Å²) in [5.41, 5.74) is 0.519. The Kier molecular flexibility index (Phi) is 6.08. The molecule has 0 fully saturated rings. The second-order valence-electron chi connectivity index (χ2n) is 7.56. The molecule has 0 radical (unpaired) electrons. The van der Waals surface area contributed by atoms with Crippen LogP contribution in [0.1, 0.15) is 23.1 Å². The van der Waals surface area contributed by atoms with Crippen molar-refractivity contribution < 1.29 is 13.9 Å². The van der Waals surface area contributed by atoms with Crippen LogP contribution in [0.2, 0.25) is 0 Å². The molecule has 0 aliphatic carbocycles. The maximum Gasteiger partial charge on any atom is 0.137 e. The van der Waals surface area contributed by atoms with Crippen molar-refractivity contribution in [3.05, 3.63) is 88.3 Å². The SMILES string of the molecule is CC(Cc1nc(-c2ccc(C#N)cc2)cs1)C(O)(Cn1cncn1)c1ccc(F)cc1F. The zero-order valence-electron chi connectivity index (χ0n) is 17.1. The van der Waals surface area contributed by atoms with Gasteiger partial charge < -0.3 is 5.11 Å². The highest BCUT2D eigenvalue weighted by Gasteiger charge is 2.39. The summed E-state index contributed by atoms with van der Waals surface area (Å²) in [5, 5.41) is 27.3. The second kappa shape index (κ2) is 8.94. The van der Waals surface area contributed by atoms with E-state index < -0.39 is 23.2 Å². The normalized spacial score (nSPS) is 14.0. The number of thiazole rings is 1. The largest absolute Gasteiger partial charge is 0.383 e. The number of hydrogen-bond donors (Lipinski definition) is 1. The summed E-state index contributed by atoms with van der Waals surface area (Å²) in [5.74, 6) is -2.02. The molecular formula is C23H19F2N5OS. The Bertz CT molecular complexity index is 1250. The highest BCUT2D eigenvalue weighted by Crippen LogP contribution is 2.36. The Morgan fingerprint density at radius 3 is 2.66 bits per heavy atom. The fourth-order valence-corrected chi connectivity index (χ4v) is 4.53. The molecule has 2 unspecified atom stereocenters. The third-order valence-corrected chi connectivity index (χ3v) is 6.30. The molecule has 4 aromatic rings. The average molecular weight is 452 g/mol. The lowest BCUT2D eigenvalue weighted by Crippen LogP contribution is -2.40. The molecule has 2 atom stereocenters. The van der Waals surface area contributed by atoms with E-state index in [2.05, 4.69) is 21.1 Å². The first kappa shape index (κ1) is 21.7. The molecule has 0 saturated carbocycles. The van der Waals surface area contributed by atoms with E-state index >= 15 is 0 Å². The van der Waals surface area contributed by atoms with Crippen LogP contribution in [0.15, 0.2) is 60.5 Å². The molecule has 0 saturated heterocycles. The highest BCUT2D eigenvalue weighted by atomic mass is 32.1. The van der Waals surface area contributed by atoms with Crippen LogP contribution in [-0.4, -0.2) is 24.9 Å². The Hall–Kier alpha value is -3.48. The topological polar surface area (TPSA) is 87.6 Å². The van der Waals surface area contributed by atoms with E-state index in [4.69, 9.17) is 5.26 Å². The van der Waals surface area contributed by atoms with Crippen LogP contribution in [0, 0.1) is 28.9 Å². The molecule has 6 nitrogen and oxygen atoms in total. The Morgan fingerprint density at radius 1 is 1.22 bits per heavy atom. The molecular weight excluding hydrogens is 432 g/mol. The van der Waals surface area contributed by atoms with Crippen molar-refractivity contribution in [1.29, 1.82) is 5.26 Å². The quantitative estimate of drug-likeness (QED) is 0.452. The monoisotopic (exact) mass is 451 g/mol. The molecule has 4 rings (SSSR count). The summed E-state index contributed by atoms with van der Waals surface area (Å²) in [7, 11) is 0. The minimum Gasteiger partial charge on any atom is -0.383 e. The molecule has 1 N–H and O–H groups in total. The highest BCUT2D eigenvalue weighted by molar-refractivity contribution is 7.09. The van der Waals surface area contributed by atoms with E-state index in [0.717, 1.165) is 28.4 Å². The number of halogens is 2. The van der Waals surface area contributed by atoms with Crippen LogP contribution >= 0.6 is 11.3 Å². The predicted octanol–water partition coefficient (Wildman–Crippen LogP) is 4.32. The van der Waals surface area contributed by atoms with Crippen molar-refractivity contribution in [3.63, 3.8) is 0 Å². The van der Waals surface area contributed by atoms with Crippen LogP contribution in [0.25, 0.3) is 11.3 Å². The van der Waals surface area contributed by atoms with Crippen LogP contribution < -0.4 is 0 Å². The Morgan fingerprint density at radius 2 is 2.00 bits per heavy atom. The van der Waals surface area contributed by atoms with Crippen molar-refractivity contribution in [2.75, 3.05) is 0 Å². The van der Waals surface area contributed by atoms with E-state index in [1.54, 1.807) is 19.1 Å². The maximum atomic E-state index is 14.7. The van der Waals surface area contributed by atoms with Crippen molar-refractivity contribution in [2.45, 2.75) is 25.5 Å². The number of nitrogens with zero attached hydrogens (tertiary/aromatic N) is 5. The lowest BCUT2D eigenvalue weighted by molar-refractivity contribution is -0.0389. The van der Waals surface area contributed by atoms with Gasteiger partial charge in [-0.05, 0) is 24.1 Å². The smallest absolute Gasteiger partial charge is 0.137 e. The molecule has 2 aromatic heterocycles. The number of aliphatic hydroxyl groups is 1. The summed E-state index contributed by atoms with van der Waals surface area (Å²) in [4.78, 5) is 8.54. The summed E-state index contributed by atoms with van der Waals surface area (Å²) < 4.78 is 29.6. The summed E-state index contributed by atoms with van der Waals surface area (Å²) in [6.07, 6.45) is 3.13. The van der Waals surface area contributed by atoms with E-state index in [9.17, 15) is 13.9 Å². The lowest BCUT2D eigenvalue weighted by Gasteiger charge is -2.34. The van der Waals surface area contributed by atoms with Crippen LogP contribution in [0.5, 0.6) is 0 Å². The molecule has 2 heterocycles. The van der Waals surface area contributed by atoms with Crippen molar-refractivity contribution in [3.8, 4) is 17.3 Å². The van der Waals surface area contributed by atoms with Gasteiger partial charge in [0.05, 0.1) is 28.9 Å². The first-order valence-electron chi connectivity index (χ1n) is 9.84.